The summed E-state index contributed by atoms with van der Waals surface area (Å²) in [6.07, 6.45) is 1.57. The third-order valence-electron chi connectivity index (χ3n) is 3.77. The first-order valence-electron chi connectivity index (χ1n) is 7.85. The first-order chi connectivity index (χ1) is 12.7. The SMILES string of the molecule is COc1ccc2[nH]c3nc(SCC(=O)NCc4ccco4)nnc3c2c1. The molecule has 4 aromatic rings. The van der Waals surface area contributed by atoms with E-state index in [4.69, 9.17) is 9.15 Å². The van der Waals surface area contributed by atoms with Gasteiger partial charge in [-0.3, -0.25) is 4.79 Å². The largest absolute Gasteiger partial charge is 0.497 e. The van der Waals surface area contributed by atoms with Gasteiger partial charge >= 0.3 is 0 Å². The van der Waals surface area contributed by atoms with Crippen LogP contribution in [0.1, 0.15) is 5.76 Å². The van der Waals surface area contributed by atoms with Gasteiger partial charge in [-0.25, -0.2) is 4.98 Å². The van der Waals surface area contributed by atoms with Crippen LogP contribution < -0.4 is 10.1 Å². The van der Waals surface area contributed by atoms with Crippen LogP contribution in [-0.4, -0.2) is 38.9 Å². The number of amides is 1. The molecule has 0 saturated heterocycles. The highest BCUT2D eigenvalue weighted by molar-refractivity contribution is 7.99. The number of benzene rings is 1. The number of methoxy groups -OCH3 is 1. The van der Waals surface area contributed by atoms with Crippen molar-refractivity contribution in [3.05, 3.63) is 42.4 Å². The Balaban J connectivity index is 1.45. The number of aromatic nitrogens is 4. The molecule has 1 aromatic carbocycles. The van der Waals surface area contributed by atoms with Gasteiger partial charge in [0, 0.05) is 10.9 Å². The Morgan fingerprint density at radius 2 is 2.27 bits per heavy atom. The Labute approximate surface area is 152 Å². The first-order valence-corrected chi connectivity index (χ1v) is 8.83. The quantitative estimate of drug-likeness (QED) is 0.503. The van der Waals surface area contributed by atoms with Gasteiger partial charge in [-0.15, -0.1) is 10.2 Å². The van der Waals surface area contributed by atoms with E-state index in [1.807, 2.05) is 18.2 Å². The molecular weight excluding hydrogens is 354 g/mol. The van der Waals surface area contributed by atoms with Crippen molar-refractivity contribution in [2.45, 2.75) is 11.7 Å². The highest BCUT2D eigenvalue weighted by atomic mass is 32.2. The Hall–Kier alpha value is -3.07. The Morgan fingerprint density at radius 1 is 1.35 bits per heavy atom. The molecule has 9 heteroatoms. The van der Waals surface area contributed by atoms with E-state index in [2.05, 4.69) is 25.5 Å². The van der Waals surface area contributed by atoms with E-state index < -0.39 is 0 Å². The van der Waals surface area contributed by atoms with Crippen molar-refractivity contribution in [2.75, 3.05) is 12.9 Å². The van der Waals surface area contributed by atoms with Crippen LogP contribution in [0.15, 0.2) is 46.2 Å². The zero-order valence-corrected chi connectivity index (χ0v) is 14.7. The maximum Gasteiger partial charge on any atom is 0.230 e. The van der Waals surface area contributed by atoms with Gasteiger partial charge in [-0.05, 0) is 30.3 Å². The van der Waals surface area contributed by atoms with Crippen LogP contribution in [0.3, 0.4) is 0 Å². The van der Waals surface area contributed by atoms with Gasteiger partial charge in [0.05, 0.1) is 25.7 Å². The fourth-order valence-electron chi connectivity index (χ4n) is 2.50. The molecule has 4 rings (SSSR count). The van der Waals surface area contributed by atoms with Crippen molar-refractivity contribution in [3.8, 4) is 5.75 Å². The minimum Gasteiger partial charge on any atom is -0.497 e. The van der Waals surface area contributed by atoms with E-state index in [0.717, 1.165) is 16.7 Å². The van der Waals surface area contributed by atoms with Gasteiger partial charge in [0.15, 0.2) is 5.65 Å². The summed E-state index contributed by atoms with van der Waals surface area (Å²) in [6.45, 7) is 0.356. The molecule has 3 heterocycles. The summed E-state index contributed by atoms with van der Waals surface area (Å²) in [5, 5.41) is 12.5. The molecule has 0 fully saturated rings. The molecule has 2 N–H and O–H groups in total. The van der Waals surface area contributed by atoms with E-state index >= 15 is 0 Å². The molecule has 0 aliphatic rings. The molecule has 0 unspecified atom stereocenters. The predicted molar refractivity (Wildman–Crippen MR) is 97.0 cm³/mol. The van der Waals surface area contributed by atoms with E-state index in [-0.39, 0.29) is 11.7 Å². The number of aromatic amines is 1. The molecule has 0 aliphatic carbocycles. The maximum absolute atomic E-state index is 11.9. The third-order valence-corrected chi connectivity index (χ3v) is 4.61. The number of ether oxygens (including phenoxy) is 1. The van der Waals surface area contributed by atoms with Crippen LogP contribution in [0.25, 0.3) is 22.1 Å². The van der Waals surface area contributed by atoms with E-state index in [0.29, 0.717) is 28.6 Å². The standard InChI is InChI=1S/C17H15N5O3S/c1-24-10-4-5-13-12(7-10)15-16(19-13)20-17(22-21-15)26-9-14(23)18-8-11-3-2-6-25-11/h2-7H,8-9H2,1H3,(H,18,23)(H,19,20,22). The lowest BCUT2D eigenvalue weighted by Gasteiger charge is -2.02. The monoisotopic (exact) mass is 369 g/mol. The third kappa shape index (κ3) is 3.33. The minimum atomic E-state index is -0.128. The lowest BCUT2D eigenvalue weighted by molar-refractivity contribution is -0.118. The molecule has 0 bridgehead atoms. The summed E-state index contributed by atoms with van der Waals surface area (Å²) in [4.78, 5) is 19.6. The van der Waals surface area contributed by atoms with E-state index in [9.17, 15) is 4.79 Å². The lowest BCUT2D eigenvalue weighted by Crippen LogP contribution is -2.24. The topological polar surface area (TPSA) is 106 Å². The van der Waals surface area contributed by atoms with Crippen molar-refractivity contribution in [2.24, 2.45) is 0 Å². The van der Waals surface area contributed by atoms with Gasteiger partial charge in [0.2, 0.25) is 11.1 Å². The van der Waals surface area contributed by atoms with Crippen molar-refractivity contribution in [3.63, 3.8) is 0 Å². The summed E-state index contributed by atoms with van der Waals surface area (Å²) in [7, 11) is 1.62. The predicted octanol–water partition coefficient (Wildman–Crippen LogP) is 2.52. The summed E-state index contributed by atoms with van der Waals surface area (Å²) < 4.78 is 10.4. The zero-order chi connectivity index (χ0) is 17.9. The molecule has 1 amide bonds. The number of hydrogen-bond donors (Lipinski definition) is 2. The number of hydrogen-bond acceptors (Lipinski definition) is 7. The van der Waals surface area contributed by atoms with Gasteiger partial charge in [-0.1, -0.05) is 11.8 Å². The maximum atomic E-state index is 11.9. The Kier molecular flexibility index (Phi) is 4.44. The Bertz CT molecular complexity index is 1060. The van der Waals surface area contributed by atoms with Crippen LogP contribution in [0.5, 0.6) is 5.75 Å². The number of thioether (sulfide) groups is 1. The number of nitrogens with one attached hydrogen (secondary N) is 2. The average molecular weight is 369 g/mol. The molecule has 0 saturated carbocycles. The molecule has 0 radical (unpaired) electrons. The normalized spacial score (nSPS) is 11.1. The molecular formula is C17H15N5O3S. The summed E-state index contributed by atoms with van der Waals surface area (Å²) >= 11 is 1.23. The molecule has 8 nitrogen and oxygen atoms in total. The fraction of sp³-hybridized carbons (Fsp3) is 0.176. The highest BCUT2D eigenvalue weighted by Gasteiger charge is 2.12. The lowest BCUT2D eigenvalue weighted by atomic mass is 10.2. The second kappa shape index (κ2) is 7.04. The zero-order valence-electron chi connectivity index (χ0n) is 13.9. The summed E-state index contributed by atoms with van der Waals surface area (Å²) in [5.74, 6) is 1.52. The molecule has 26 heavy (non-hydrogen) atoms. The van der Waals surface area contributed by atoms with E-state index in [1.165, 1.54) is 11.8 Å². The Morgan fingerprint density at radius 3 is 3.08 bits per heavy atom. The number of fused-ring (bicyclic) bond motifs is 3. The van der Waals surface area contributed by atoms with Crippen molar-refractivity contribution < 1.29 is 13.9 Å². The summed E-state index contributed by atoms with van der Waals surface area (Å²) in [5.41, 5.74) is 2.20. The van der Waals surface area contributed by atoms with Gasteiger partial charge in [0.25, 0.3) is 0 Å². The molecule has 0 atom stereocenters. The number of H-pyrrole nitrogens is 1. The smallest absolute Gasteiger partial charge is 0.230 e. The summed E-state index contributed by atoms with van der Waals surface area (Å²) in [6, 6.07) is 9.25. The number of carbonyl (C=O) groups excluding carboxylic acids is 1. The van der Waals surface area contributed by atoms with Crippen molar-refractivity contribution >= 4 is 39.7 Å². The van der Waals surface area contributed by atoms with Crippen LogP contribution in [-0.2, 0) is 11.3 Å². The second-order valence-corrected chi connectivity index (χ2v) is 6.42. The molecule has 0 spiro atoms. The van der Waals surface area contributed by atoms with Crippen molar-refractivity contribution in [1.29, 1.82) is 0 Å². The number of rotatable bonds is 6. The van der Waals surface area contributed by atoms with Crippen LogP contribution in [0.4, 0.5) is 0 Å². The van der Waals surface area contributed by atoms with Crippen LogP contribution >= 0.6 is 11.8 Å². The van der Waals surface area contributed by atoms with Gasteiger partial charge < -0.3 is 19.5 Å². The van der Waals surface area contributed by atoms with E-state index in [1.54, 1.807) is 25.5 Å². The highest BCUT2D eigenvalue weighted by Crippen LogP contribution is 2.27. The van der Waals surface area contributed by atoms with Gasteiger partial charge in [0.1, 0.15) is 17.0 Å². The molecule has 0 aliphatic heterocycles. The minimum absolute atomic E-state index is 0.128. The number of carbonyl (C=O) groups is 1. The second-order valence-electron chi connectivity index (χ2n) is 5.47. The number of nitrogens with zero attached hydrogens (tertiary/aromatic N) is 3. The van der Waals surface area contributed by atoms with Crippen LogP contribution in [0, 0.1) is 0 Å². The van der Waals surface area contributed by atoms with Crippen LogP contribution in [0.2, 0.25) is 0 Å². The molecule has 132 valence electrons. The average Bonchev–Trinajstić information content (AvgIpc) is 3.31. The fourth-order valence-corrected chi connectivity index (χ4v) is 3.12. The van der Waals surface area contributed by atoms with Gasteiger partial charge in [-0.2, -0.15) is 0 Å². The number of furan rings is 1. The molecule has 3 aromatic heterocycles. The van der Waals surface area contributed by atoms with Crippen molar-refractivity contribution in [1.82, 2.24) is 25.5 Å². The first kappa shape index (κ1) is 16.4.